The highest BCUT2D eigenvalue weighted by molar-refractivity contribution is 8.59. The molecule has 8 nitrogen and oxygen atoms in total. The van der Waals surface area contributed by atoms with E-state index in [2.05, 4.69) is 50.5 Å². The molecule has 2 unspecified atom stereocenters. The second kappa shape index (κ2) is 21.0. The third-order valence-corrected chi connectivity index (χ3v) is 9.28. The summed E-state index contributed by atoms with van der Waals surface area (Å²) in [4.78, 5) is 30.4. The molecule has 1 saturated heterocycles. The number of ether oxygens (including phenoxy) is 1. The third kappa shape index (κ3) is 11.8. The van der Waals surface area contributed by atoms with Crippen LogP contribution in [0.2, 0.25) is 0 Å². The smallest absolute Gasteiger partial charge is 0.385 e. The highest BCUT2D eigenvalue weighted by Gasteiger charge is 2.38. The fourth-order valence-electron chi connectivity index (χ4n) is 6.62. The minimum atomic E-state index is -1.00. The molecule has 2 aliphatic rings. The summed E-state index contributed by atoms with van der Waals surface area (Å²) in [5, 5.41) is 4.38. The Kier molecular flexibility index (Phi) is 18.3. The molecule has 1 aliphatic heterocycles. The van der Waals surface area contributed by atoms with Crippen molar-refractivity contribution in [2.24, 2.45) is 23.5 Å². The maximum absolute atomic E-state index is 12.1. The Hall–Kier alpha value is -1.86. The van der Waals surface area contributed by atoms with Crippen molar-refractivity contribution >= 4 is 52.2 Å². The largest absolute Gasteiger partial charge is 0.395 e. The van der Waals surface area contributed by atoms with Gasteiger partial charge >= 0.3 is 5.97 Å². The minimum Gasteiger partial charge on any atom is -0.385 e. The molecule has 4 rings (SSSR count). The van der Waals surface area contributed by atoms with E-state index in [-0.39, 0.29) is 17.7 Å². The van der Waals surface area contributed by atoms with Crippen molar-refractivity contribution in [3.63, 3.8) is 0 Å². The summed E-state index contributed by atoms with van der Waals surface area (Å²) >= 11 is 6.44. The number of nitrogens with zero attached hydrogens (tertiary/aromatic N) is 1. The van der Waals surface area contributed by atoms with Gasteiger partial charge in [-0.3, -0.25) is 0 Å². The maximum Gasteiger partial charge on any atom is 0.395 e. The average molecular weight is 659 g/mol. The highest BCUT2D eigenvalue weighted by Crippen LogP contribution is 2.40. The SMILES string of the molecule is CCC(C=O)CCCC(N)CF.COC1CCC([C@H]2CCN(C)[C@H]2CCNc2ccc3[nH]c(C(=O)OF)cc3c2)CC1.SS. The molecule has 44 heavy (non-hydrogen) atoms. The van der Waals surface area contributed by atoms with Crippen LogP contribution in [0.3, 0.4) is 0 Å². The van der Waals surface area contributed by atoms with Crippen LogP contribution in [0.5, 0.6) is 0 Å². The molecule has 1 aromatic heterocycles. The van der Waals surface area contributed by atoms with E-state index in [4.69, 9.17) is 10.5 Å². The number of rotatable bonds is 14. The number of thiol groups is 2. The number of hydrogen-bond donors (Lipinski definition) is 5. The van der Waals surface area contributed by atoms with Crippen molar-refractivity contribution in [1.82, 2.24) is 9.88 Å². The molecular formula is C32H52F2N4O4S2. The third-order valence-electron chi connectivity index (χ3n) is 9.28. The molecule has 0 amide bonds. The van der Waals surface area contributed by atoms with Crippen molar-refractivity contribution in [3.8, 4) is 0 Å². The molecule has 2 aromatic rings. The van der Waals surface area contributed by atoms with E-state index in [0.717, 1.165) is 66.9 Å². The molecule has 2 fully saturated rings. The number of aldehydes is 1. The molecule has 1 saturated carbocycles. The Morgan fingerprint density at radius 3 is 2.55 bits per heavy atom. The number of fused-ring (bicyclic) bond motifs is 1. The number of benzene rings is 1. The van der Waals surface area contributed by atoms with Crippen LogP contribution in [0.15, 0.2) is 24.3 Å². The fourth-order valence-corrected chi connectivity index (χ4v) is 6.62. The number of aromatic amines is 1. The van der Waals surface area contributed by atoms with E-state index < -0.39 is 12.6 Å². The second-order valence-corrected chi connectivity index (χ2v) is 12.0. The van der Waals surface area contributed by atoms with Crippen LogP contribution in [0, 0.1) is 17.8 Å². The van der Waals surface area contributed by atoms with Gasteiger partial charge in [-0.2, -0.15) is 0 Å². The van der Waals surface area contributed by atoms with E-state index in [9.17, 15) is 18.5 Å². The van der Waals surface area contributed by atoms with Crippen LogP contribution in [0.25, 0.3) is 10.9 Å². The summed E-state index contributed by atoms with van der Waals surface area (Å²) in [7, 11) is 4.09. The number of nitrogens with one attached hydrogen (secondary N) is 2. The lowest BCUT2D eigenvalue weighted by molar-refractivity contribution is -0.111. The normalized spacial score (nSPS) is 23.1. The summed E-state index contributed by atoms with van der Waals surface area (Å²) in [6, 6.07) is 7.73. The molecule has 0 bridgehead atoms. The number of anilines is 1. The zero-order valence-corrected chi connectivity index (χ0v) is 28.1. The van der Waals surface area contributed by atoms with Crippen molar-refractivity contribution in [1.29, 1.82) is 0 Å². The lowest BCUT2D eigenvalue weighted by Crippen LogP contribution is -2.36. The number of likely N-dealkylation sites (tertiary alicyclic amines) is 1. The number of H-pyrrole nitrogens is 1. The average Bonchev–Trinajstić information content (AvgIpc) is 3.67. The minimum absolute atomic E-state index is 0.114. The molecule has 1 aliphatic carbocycles. The van der Waals surface area contributed by atoms with Crippen molar-refractivity contribution in [3.05, 3.63) is 30.0 Å². The lowest BCUT2D eigenvalue weighted by atomic mass is 9.75. The second-order valence-electron chi connectivity index (χ2n) is 12.0. The molecule has 12 heteroatoms. The number of methoxy groups -OCH3 is 1. The Labute approximate surface area is 271 Å². The van der Waals surface area contributed by atoms with Gasteiger partial charge in [0.15, 0.2) is 0 Å². The number of alkyl halides is 1. The molecule has 0 spiro atoms. The zero-order valence-electron chi connectivity index (χ0n) is 26.4. The monoisotopic (exact) mass is 658 g/mol. The number of halogens is 2. The van der Waals surface area contributed by atoms with Gasteiger partial charge in [0.05, 0.1) is 6.10 Å². The Balaban J connectivity index is 0.000000409. The van der Waals surface area contributed by atoms with Gasteiger partial charge in [-0.25, -0.2) is 14.1 Å². The van der Waals surface area contributed by atoms with Gasteiger partial charge in [0.2, 0.25) is 0 Å². The number of nitrogens with two attached hydrogens (primary N) is 1. The van der Waals surface area contributed by atoms with Crippen LogP contribution in [-0.4, -0.2) is 74.2 Å². The topological polar surface area (TPSA) is 110 Å². The van der Waals surface area contributed by atoms with Gasteiger partial charge in [0.1, 0.15) is 18.7 Å². The standard InChI is InChI=1S/C23H32FN3O3.C9H18FNO.H2S2/c1-27-12-10-19(15-3-6-18(29-2)7-4-15)22(27)9-11-25-17-5-8-20-16(13-17)14-21(26-20)23(28)30-24;1-2-8(7-12)4-3-5-9(11)6-10;1-2/h5,8,13-15,18-19,22,25-26H,3-4,6-7,9-12H2,1-2H3;7-9H,2-6,11H2,1H3;1-2H/t15?,18?,19-,22+;;/m1../s1. The number of hydrogen-bond acceptors (Lipinski definition) is 9. The predicted octanol–water partition coefficient (Wildman–Crippen LogP) is 6.98. The lowest BCUT2D eigenvalue weighted by Gasteiger charge is -2.35. The van der Waals surface area contributed by atoms with E-state index in [1.807, 2.05) is 32.2 Å². The van der Waals surface area contributed by atoms with E-state index in [0.29, 0.717) is 18.6 Å². The molecule has 0 radical (unpaired) electrons. The van der Waals surface area contributed by atoms with Crippen LogP contribution < -0.4 is 11.1 Å². The van der Waals surface area contributed by atoms with Crippen LogP contribution in [-0.2, 0) is 14.5 Å². The molecular weight excluding hydrogens is 607 g/mol. The molecule has 250 valence electrons. The van der Waals surface area contributed by atoms with Crippen LogP contribution >= 0.6 is 23.3 Å². The first-order valence-electron chi connectivity index (χ1n) is 15.7. The molecule has 4 N–H and O–H groups in total. The summed E-state index contributed by atoms with van der Waals surface area (Å²) in [5.74, 6) is 0.722. The van der Waals surface area contributed by atoms with Gasteiger partial charge in [0, 0.05) is 52.8 Å². The van der Waals surface area contributed by atoms with Crippen LogP contribution in [0.1, 0.15) is 81.6 Å². The van der Waals surface area contributed by atoms with E-state index in [1.54, 1.807) is 6.07 Å². The van der Waals surface area contributed by atoms with Gasteiger partial charge in [-0.05, 0) is 107 Å². The molecule has 2 heterocycles. The summed E-state index contributed by atoms with van der Waals surface area (Å²) in [5.41, 5.74) is 7.27. The first-order valence-corrected chi connectivity index (χ1v) is 17.3. The predicted molar refractivity (Wildman–Crippen MR) is 181 cm³/mol. The number of aromatic nitrogens is 1. The Bertz CT molecular complexity index is 1100. The number of carbonyl (C=O) groups is 2. The van der Waals surface area contributed by atoms with E-state index in [1.165, 1.54) is 38.6 Å². The van der Waals surface area contributed by atoms with Gasteiger partial charge in [-0.15, -0.1) is 23.3 Å². The zero-order chi connectivity index (χ0) is 32.5. The quantitative estimate of drug-likeness (QED) is 0.0847. The summed E-state index contributed by atoms with van der Waals surface area (Å²) < 4.78 is 29.6. The fraction of sp³-hybridized carbons (Fsp3) is 0.688. The molecule has 1 aromatic carbocycles. The Morgan fingerprint density at radius 1 is 1.20 bits per heavy atom. The van der Waals surface area contributed by atoms with E-state index >= 15 is 0 Å². The van der Waals surface area contributed by atoms with Crippen molar-refractivity contribution in [2.75, 3.05) is 39.2 Å². The summed E-state index contributed by atoms with van der Waals surface area (Å²) in [6.45, 7) is 3.60. The van der Waals surface area contributed by atoms with Gasteiger partial charge < -0.3 is 30.5 Å². The number of carbonyl (C=O) groups excluding carboxylic acids is 2. The first kappa shape index (κ1) is 38.3. The van der Waals surface area contributed by atoms with Crippen LogP contribution in [0.4, 0.5) is 14.6 Å². The molecule has 4 atom stereocenters. The first-order chi connectivity index (χ1) is 21.3. The van der Waals surface area contributed by atoms with Crippen molar-refractivity contribution < 1.29 is 28.2 Å². The van der Waals surface area contributed by atoms with Gasteiger partial charge in [-0.1, -0.05) is 13.3 Å². The maximum atomic E-state index is 12.1. The highest BCUT2D eigenvalue weighted by atomic mass is 33.1. The summed E-state index contributed by atoms with van der Waals surface area (Å²) in [6.07, 6.45) is 12.0. The Morgan fingerprint density at radius 2 is 1.93 bits per heavy atom. The van der Waals surface area contributed by atoms with Gasteiger partial charge in [0.25, 0.3) is 0 Å². The van der Waals surface area contributed by atoms with Crippen molar-refractivity contribution in [2.45, 2.75) is 89.3 Å².